The summed E-state index contributed by atoms with van der Waals surface area (Å²) in [6.07, 6.45) is 5.02. The summed E-state index contributed by atoms with van der Waals surface area (Å²) in [7, 11) is 1.90. The van der Waals surface area contributed by atoms with Crippen molar-refractivity contribution in [1.82, 2.24) is 9.97 Å². The largest absolute Gasteiger partial charge is 0.372 e. The number of hydrogen-bond donors (Lipinski definition) is 2. The molecule has 0 saturated heterocycles. The molecular formula is C16H22N4. The Hall–Kier alpha value is -1.84. The molecule has 2 aromatic rings. The van der Waals surface area contributed by atoms with Gasteiger partial charge in [-0.05, 0) is 43.7 Å². The standard InChI is InChI=1S/C16H22N4/c1-11-7-9-12(10-8-11)18-16-19-14-6-4-3-5-13(14)15(17-2)20-16/h3-6,11-12H,7-10H2,1-2H3,(H2,17,18,19,20). The zero-order valence-electron chi connectivity index (χ0n) is 12.2. The summed E-state index contributed by atoms with van der Waals surface area (Å²) < 4.78 is 0. The first-order valence-corrected chi connectivity index (χ1v) is 7.47. The molecule has 1 aliphatic rings. The third-order valence-corrected chi connectivity index (χ3v) is 4.19. The predicted molar refractivity (Wildman–Crippen MR) is 84.1 cm³/mol. The van der Waals surface area contributed by atoms with E-state index < -0.39 is 0 Å². The van der Waals surface area contributed by atoms with Crippen LogP contribution in [0.1, 0.15) is 32.6 Å². The second-order valence-corrected chi connectivity index (χ2v) is 5.76. The van der Waals surface area contributed by atoms with E-state index in [2.05, 4.69) is 27.5 Å². The lowest BCUT2D eigenvalue weighted by Gasteiger charge is -2.27. The van der Waals surface area contributed by atoms with Crippen molar-refractivity contribution in [2.24, 2.45) is 5.92 Å². The van der Waals surface area contributed by atoms with Crippen LogP contribution in [0.2, 0.25) is 0 Å². The van der Waals surface area contributed by atoms with E-state index in [1.807, 2.05) is 31.3 Å². The van der Waals surface area contributed by atoms with Crippen molar-refractivity contribution in [1.29, 1.82) is 0 Å². The maximum Gasteiger partial charge on any atom is 0.225 e. The molecular weight excluding hydrogens is 248 g/mol. The maximum atomic E-state index is 4.63. The Morgan fingerprint density at radius 2 is 1.80 bits per heavy atom. The van der Waals surface area contributed by atoms with Gasteiger partial charge in [0.1, 0.15) is 5.82 Å². The average Bonchev–Trinajstić information content (AvgIpc) is 2.49. The minimum atomic E-state index is 0.511. The molecule has 106 valence electrons. The third kappa shape index (κ3) is 2.69. The van der Waals surface area contributed by atoms with Crippen LogP contribution in [0.4, 0.5) is 11.8 Å². The van der Waals surface area contributed by atoms with Crippen LogP contribution in [0.15, 0.2) is 24.3 Å². The summed E-state index contributed by atoms with van der Waals surface area (Å²) in [5.41, 5.74) is 0.985. The van der Waals surface area contributed by atoms with Crippen LogP contribution in [0, 0.1) is 5.92 Å². The first-order valence-electron chi connectivity index (χ1n) is 7.47. The lowest BCUT2D eigenvalue weighted by molar-refractivity contribution is 0.360. The van der Waals surface area contributed by atoms with E-state index in [0.717, 1.165) is 28.6 Å². The molecule has 0 amide bonds. The van der Waals surface area contributed by atoms with Crippen molar-refractivity contribution < 1.29 is 0 Å². The summed E-state index contributed by atoms with van der Waals surface area (Å²) in [5, 5.41) is 7.74. The summed E-state index contributed by atoms with van der Waals surface area (Å²) >= 11 is 0. The maximum absolute atomic E-state index is 4.63. The Bertz CT molecular complexity index is 588. The number of para-hydroxylation sites is 1. The fraction of sp³-hybridized carbons (Fsp3) is 0.500. The van der Waals surface area contributed by atoms with Crippen LogP contribution in [0.25, 0.3) is 10.9 Å². The summed E-state index contributed by atoms with van der Waals surface area (Å²) in [6, 6.07) is 8.62. The zero-order valence-corrected chi connectivity index (χ0v) is 12.2. The number of fused-ring (bicyclic) bond motifs is 1. The van der Waals surface area contributed by atoms with Gasteiger partial charge < -0.3 is 10.6 Å². The number of rotatable bonds is 3. The van der Waals surface area contributed by atoms with Crippen molar-refractivity contribution in [3.8, 4) is 0 Å². The van der Waals surface area contributed by atoms with E-state index in [9.17, 15) is 0 Å². The van der Waals surface area contributed by atoms with E-state index in [1.54, 1.807) is 0 Å². The topological polar surface area (TPSA) is 49.8 Å². The molecule has 1 fully saturated rings. The third-order valence-electron chi connectivity index (χ3n) is 4.19. The SMILES string of the molecule is CNc1nc(NC2CCC(C)CC2)nc2ccccc12. The fourth-order valence-electron chi connectivity index (χ4n) is 2.92. The quantitative estimate of drug-likeness (QED) is 0.893. The van der Waals surface area contributed by atoms with Crippen molar-refractivity contribution >= 4 is 22.7 Å². The molecule has 3 rings (SSSR count). The van der Waals surface area contributed by atoms with Crippen molar-refractivity contribution in [3.63, 3.8) is 0 Å². The minimum absolute atomic E-state index is 0.511. The Kier molecular flexibility index (Phi) is 3.72. The van der Waals surface area contributed by atoms with Crippen LogP contribution >= 0.6 is 0 Å². The molecule has 1 aliphatic carbocycles. The molecule has 20 heavy (non-hydrogen) atoms. The molecule has 0 bridgehead atoms. The highest BCUT2D eigenvalue weighted by Crippen LogP contribution is 2.27. The molecule has 4 nitrogen and oxygen atoms in total. The zero-order chi connectivity index (χ0) is 13.9. The van der Waals surface area contributed by atoms with Gasteiger partial charge in [0, 0.05) is 18.5 Å². The molecule has 0 aliphatic heterocycles. The molecule has 0 spiro atoms. The first-order chi connectivity index (χ1) is 9.76. The van der Waals surface area contributed by atoms with Crippen molar-refractivity contribution in [2.75, 3.05) is 17.7 Å². The van der Waals surface area contributed by atoms with Crippen molar-refractivity contribution in [3.05, 3.63) is 24.3 Å². The van der Waals surface area contributed by atoms with Crippen LogP contribution in [0.3, 0.4) is 0 Å². The molecule has 1 aromatic heterocycles. The summed E-state index contributed by atoms with van der Waals surface area (Å²) in [5.74, 6) is 2.49. The van der Waals surface area contributed by atoms with Gasteiger partial charge in [-0.1, -0.05) is 19.1 Å². The normalized spacial score (nSPS) is 22.7. The van der Waals surface area contributed by atoms with Gasteiger partial charge in [-0.15, -0.1) is 0 Å². The number of hydrogen-bond acceptors (Lipinski definition) is 4. The van der Waals surface area contributed by atoms with E-state index in [4.69, 9.17) is 0 Å². The molecule has 1 aromatic carbocycles. The van der Waals surface area contributed by atoms with Crippen LogP contribution < -0.4 is 10.6 Å². The number of nitrogens with one attached hydrogen (secondary N) is 2. The molecule has 0 unspecified atom stereocenters. The molecule has 1 saturated carbocycles. The number of nitrogens with zero attached hydrogens (tertiary/aromatic N) is 2. The Labute approximate surface area is 120 Å². The molecule has 0 atom stereocenters. The van der Waals surface area contributed by atoms with Gasteiger partial charge >= 0.3 is 0 Å². The van der Waals surface area contributed by atoms with Crippen molar-refractivity contribution in [2.45, 2.75) is 38.6 Å². The average molecular weight is 270 g/mol. The Morgan fingerprint density at radius 3 is 2.55 bits per heavy atom. The highest BCUT2D eigenvalue weighted by Gasteiger charge is 2.19. The summed E-state index contributed by atoms with van der Waals surface area (Å²) in [4.78, 5) is 9.23. The fourth-order valence-corrected chi connectivity index (χ4v) is 2.92. The lowest BCUT2D eigenvalue weighted by atomic mass is 9.87. The minimum Gasteiger partial charge on any atom is -0.372 e. The van der Waals surface area contributed by atoms with Gasteiger partial charge in [-0.25, -0.2) is 4.98 Å². The lowest BCUT2D eigenvalue weighted by Crippen LogP contribution is -2.26. The van der Waals surface area contributed by atoms with Gasteiger partial charge in [-0.2, -0.15) is 4.98 Å². The second-order valence-electron chi connectivity index (χ2n) is 5.76. The smallest absolute Gasteiger partial charge is 0.225 e. The highest BCUT2D eigenvalue weighted by molar-refractivity contribution is 5.89. The van der Waals surface area contributed by atoms with Crippen LogP contribution in [0.5, 0.6) is 0 Å². The van der Waals surface area contributed by atoms with E-state index in [-0.39, 0.29) is 0 Å². The summed E-state index contributed by atoms with van der Waals surface area (Å²) in [6.45, 7) is 2.34. The number of benzene rings is 1. The molecule has 4 heteroatoms. The van der Waals surface area contributed by atoms with Gasteiger partial charge in [0.05, 0.1) is 5.52 Å². The molecule has 1 heterocycles. The monoisotopic (exact) mass is 270 g/mol. The van der Waals surface area contributed by atoms with E-state index in [1.165, 1.54) is 25.7 Å². The van der Waals surface area contributed by atoms with Gasteiger partial charge in [0.2, 0.25) is 5.95 Å². The predicted octanol–water partition coefficient (Wildman–Crippen LogP) is 3.66. The van der Waals surface area contributed by atoms with E-state index >= 15 is 0 Å². The number of anilines is 2. The molecule has 2 N–H and O–H groups in total. The Morgan fingerprint density at radius 1 is 1.05 bits per heavy atom. The van der Waals surface area contributed by atoms with Gasteiger partial charge in [-0.3, -0.25) is 0 Å². The van der Waals surface area contributed by atoms with Gasteiger partial charge in [0.25, 0.3) is 0 Å². The second kappa shape index (κ2) is 5.65. The first kappa shape index (κ1) is 13.2. The van der Waals surface area contributed by atoms with E-state index in [0.29, 0.717) is 6.04 Å². The number of aromatic nitrogens is 2. The Balaban J connectivity index is 1.84. The van der Waals surface area contributed by atoms with Gasteiger partial charge in [0.15, 0.2) is 0 Å². The molecule has 0 radical (unpaired) electrons. The highest BCUT2D eigenvalue weighted by atomic mass is 15.1. The van der Waals surface area contributed by atoms with Crippen LogP contribution in [-0.2, 0) is 0 Å². The van der Waals surface area contributed by atoms with Crippen LogP contribution in [-0.4, -0.2) is 23.1 Å².